The van der Waals surface area contributed by atoms with Crippen molar-refractivity contribution in [1.29, 1.82) is 0 Å². The van der Waals surface area contributed by atoms with Crippen LogP contribution in [0.3, 0.4) is 0 Å². The van der Waals surface area contributed by atoms with Crippen molar-refractivity contribution in [2.24, 2.45) is 4.99 Å². The third-order valence-electron chi connectivity index (χ3n) is 3.37. The van der Waals surface area contributed by atoms with Gasteiger partial charge in [-0.1, -0.05) is 0 Å². The number of hydrogen-bond donors (Lipinski definition) is 2. The molecule has 0 amide bonds. The van der Waals surface area contributed by atoms with Gasteiger partial charge < -0.3 is 24.5 Å². The number of halogens is 1. The van der Waals surface area contributed by atoms with Gasteiger partial charge >= 0.3 is 0 Å². The molecular formula is C16H31IN4O3. The van der Waals surface area contributed by atoms with E-state index in [1.165, 1.54) is 0 Å². The minimum Gasteiger partial charge on any atom is -0.468 e. The molecule has 1 aromatic heterocycles. The fraction of sp³-hybridized carbons (Fsp3) is 0.688. The normalized spacial score (nSPS) is 12.8. The number of aliphatic imine (C=N–C) groups is 1. The topological polar surface area (TPSA) is 71.3 Å². The third-order valence-corrected chi connectivity index (χ3v) is 3.37. The van der Waals surface area contributed by atoms with E-state index in [-0.39, 0.29) is 30.0 Å². The van der Waals surface area contributed by atoms with E-state index >= 15 is 0 Å². The van der Waals surface area contributed by atoms with Gasteiger partial charge in [0.05, 0.1) is 25.5 Å². The van der Waals surface area contributed by atoms with Crippen LogP contribution < -0.4 is 10.6 Å². The highest BCUT2D eigenvalue weighted by atomic mass is 127. The molecule has 0 aliphatic heterocycles. The molecule has 0 radical (unpaired) electrons. The van der Waals surface area contributed by atoms with E-state index in [2.05, 4.69) is 20.5 Å². The van der Waals surface area contributed by atoms with Crippen LogP contribution in [0.15, 0.2) is 27.8 Å². The predicted molar refractivity (Wildman–Crippen MR) is 107 cm³/mol. The first kappa shape index (κ1) is 23.2. The minimum atomic E-state index is 0. The summed E-state index contributed by atoms with van der Waals surface area (Å²) in [7, 11) is 7.50. The lowest BCUT2D eigenvalue weighted by Crippen LogP contribution is -2.42. The molecule has 140 valence electrons. The molecule has 1 rings (SSSR count). The largest absolute Gasteiger partial charge is 0.468 e. The van der Waals surface area contributed by atoms with Crippen LogP contribution >= 0.6 is 24.0 Å². The van der Waals surface area contributed by atoms with Crippen LogP contribution in [0, 0.1) is 0 Å². The molecule has 0 aliphatic carbocycles. The van der Waals surface area contributed by atoms with E-state index in [0.717, 1.165) is 24.7 Å². The molecule has 0 saturated heterocycles. The van der Waals surface area contributed by atoms with Gasteiger partial charge in [-0.3, -0.25) is 9.89 Å². The van der Waals surface area contributed by atoms with E-state index in [1.807, 2.05) is 26.2 Å². The molecule has 1 aromatic rings. The standard InChI is InChI=1S/C16H30N4O3.HI/c1-17-16(18-8-6-9-22-12-11-21-4)19-13-14(20(2)3)15-7-5-10-23-15;/h5,7,10,14H,6,8-9,11-13H2,1-4H3,(H2,17,18,19);1H. The Kier molecular flexibility index (Phi) is 14.0. The van der Waals surface area contributed by atoms with Crippen molar-refractivity contribution in [1.82, 2.24) is 15.5 Å². The van der Waals surface area contributed by atoms with Crippen molar-refractivity contribution < 1.29 is 13.9 Å². The van der Waals surface area contributed by atoms with Crippen LogP contribution in [0.5, 0.6) is 0 Å². The summed E-state index contributed by atoms with van der Waals surface area (Å²) in [5.74, 6) is 1.71. The number of methoxy groups -OCH3 is 1. The van der Waals surface area contributed by atoms with Crippen LogP contribution in [-0.4, -0.2) is 72.0 Å². The summed E-state index contributed by atoms with van der Waals surface area (Å²) in [6.45, 7) is 3.50. The van der Waals surface area contributed by atoms with Crippen LogP contribution in [-0.2, 0) is 9.47 Å². The quantitative estimate of drug-likeness (QED) is 0.230. The van der Waals surface area contributed by atoms with Gasteiger partial charge in [0, 0.05) is 33.9 Å². The summed E-state index contributed by atoms with van der Waals surface area (Å²) < 4.78 is 15.9. The fourth-order valence-electron chi connectivity index (χ4n) is 2.06. The molecule has 0 aromatic carbocycles. The highest BCUT2D eigenvalue weighted by molar-refractivity contribution is 14.0. The molecule has 0 fully saturated rings. The molecule has 2 N–H and O–H groups in total. The van der Waals surface area contributed by atoms with E-state index in [0.29, 0.717) is 26.4 Å². The summed E-state index contributed by atoms with van der Waals surface area (Å²) in [6.07, 6.45) is 2.61. The van der Waals surface area contributed by atoms with Crippen LogP contribution in [0.2, 0.25) is 0 Å². The van der Waals surface area contributed by atoms with Gasteiger partial charge in [-0.25, -0.2) is 0 Å². The Bertz CT molecular complexity index is 427. The second kappa shape index (κ2) is 14.5. The molecule has 0 aliphatic rings. The first-order valence-electron chi connectivity index (χ1n) is 7.90. The zero-order valence-corrected chi connectivity index (χ0v) is 17.4. The number of hydrogen-bond acceptors (Lipinski definition) is 5. The number of nitrogens with zero attached hydrogens (tertiary/aromatic N) is 2. The van der Waals surface area contributed by atoms with Gasteiger partial charge in [-0.15, -0.1) is 24.0 Å². The minimum absolute atomic E-state index is 0. The number of furan rings is 1. The Morgan fingerprint density at radius 1 is 1.29 bits per heavy atom. The molecule has 0 saturated carbocycles. The summed E-state index contributed by atoms with van der Waals surface area (Å²) in [6, 6.07) is 4.04. The van der Waals surface area contributed by atoms with Crippen molar-refractivity contribution in [2.45, 2.75) is 12.5 Å². The van der Waals surface area contributed by atoms with E-state index < -0.39 is 0 Å². The molecule has 1 unspecified atom stereocenters. The summed E-state index contributed by atoms with van der Waals surface area (Å²) in [4.78, 5) is 6.35. The van der Waals surface area contributed by atoms with E-state index in [1.54, 1.807) is 20.4 Å². The molecule has 0 bridgehead atoms. The number of rotatable bonds is 11. The van der Waals surface area contributed by atoms with Crippen LogP contribution in [0.4, 0.5) is 0 Å². The summed E-state index contributed by atoms with van der Waals surface area (Å²) >= 11 is 0. The Balaban J connectivity index is 0.00000529. The van der Waals surface area contributed by atoms with Gasteiger partial charge in [0.25, 0.3) is 0 Å². The maximum absolute atomic E-state index is 5.50. The smallest absolute Gasteiger partial charge is 0.191 e. The Morgan fingerprint density at radius 3 is 2.67 bits per heavy atom. The maximum atomic E-state index is 5.50. The molecule has 0 spiro atoms. The molecule has 8 heteroatoms. The fourth-order valence-corrected chi connectivity index (χ4v) is 2.06. The lowest BCUT2D eigenvalue weighted by Gasteiger charge is -2.23. The molecule has 1 atom stereocenters. The van der Waals surface area contributed by atoms with Crippen LogP contribution in [0.25, 0.3) is 0 Å². The second-order valence-corrected chi connectivity index (χ2v) is 5.33. The highest BCUT2D eigenvalue weighted by Gasteiger charge is 2.17. The highest BCUT2D eigenvalue weighted by Crippen LogP contribution is 2.17. The Hall–Kier alpha value is -0.840. The first-order valence-corrected chi connectivity index (χ1v) is 7.90. The Labute approximate surface area is 162 Å². The van der Waals surface area contributed by atoms with Crippen molar-refractivity contribution in [3.05, 3.63) is 24.2 Å². The zero-order valence-electron chi connectivity index (χ0n) is 15.1. The lowest BCUT2D eigenvalue weighted by molar-refractivity contribution is 0.0698. The molecule has 24 heavy (non-hydrogen) atoms. The van der Waals surface area contributed by atoms with Crippen molar-refractivity contribution in [2.75, 3.05) is 61.2 Å². The van der Waals surface area contributed by atoms with E-state index in [4.69, 9.17) is 13.9 Å². The molecule has 7 nitrogen and oxygen atoms in total. The molecule has 1 heterocycles. The Morgan fingerprint density at radius 2 is 2.08 bits per heavy atom. The maximum Gasteiger partial charge on any atom is 0.191 e. The lowest BCUT2D eigenvalue weighted by atomic mass is 10.2. The van der Waals surface area contributed by atoms with E-state index in [9.17, 15) is 0 Å². The number of guanidine groups is 1. The summed E-state index contributed by atoms with van der Waals surface area (Å²) in [5, 5.41) is 6.61. The number of likely N-dealkylation sites (N-methyl/N-ethyl adjacent to an activating group) is 1. The summed E-state index contributed by atoms with van der Waals surface area (Å²) in [5.41, 5.74) is 0. The van der Waals surface area contributed by atoms with Gasteiger partial charge in [-0.2, -0.15) is 0 Å². The number of ether oxygens (including phenoxy) is 2. The van der Waals surface area contributed by atoms with Crippen molar-refractivity contribution in [3.8, 4) is 0 Å². The zero-order chi connectivity index (χ0) is 16.9. The van der Waals surface area contributed by atoms with Crippen molar-refractivity contribution >= 4 is 29.9 Å². The average molecular weight is 454 g/mol. The first-order chi connectivity index (χ1) is 11.2. The second-order valence-electron chi connectivity index (χ2n) is 5.33. The predicted octanol–water partition coefficient (Wildman–Crippen LogP) is 1.72. The molecular weight excluding hydrogens is 423 g/mol. The van der Waals surface area contributed by atoms with Crippen molar-refractivity contribution in [3.63, 3.8) is 0 Å². The van der Waals surface area contributed by atoms with Gasteiger partial charge in [0.2, 0.25) is 0 Å². The van der Waals surface area contributed by atoms with Crippen LogP contribution in [0.1, 0.15) is 18.2 Å². The number of nitrogens with one attached hydrogen (secondary N) is 2. The monoisotopic (exact) mass is 454 g/mol. The average Bonchev–Trinajstić information content (AvgIpc) is 3.06. The third kappa shape index (κ3) is 9.45. The SMILES string of the molecule is CN=C(NCCCOCCOC)NCC(c1ccco1)N(C)C.I. The van der Waals surface area contributed by atoms with Gasteiger partial charge in [-0.05, 0) is 32.6 Å². The van der Waals surface area contributed by atoms with Gasteiger partial charge in [0.1, 0.15) is 5.76 Å². The van der Waals surface area contributed by atoms with Gasteiger partial charge in [0.15, 0.2) is 5.96 Å².